The third kappa shape index (κ3) is 5.24. The molecule has 0 aliphatic carbocycles. The summed E-state index contributed by atoms with van der Waals surface area (Å²) in [5.74, 6) is -4.99. The van der Waals surface area contributed by atoms with E-state index in [1.54, 1.807) is 35.4 Å². The van der Waals surface area contributed by atoms with Gasteiger partial charge < -0.3 is 19.9 Å². The molecule has 1 unspecified atom stereocenters. The van der Waals surface area contributed by atoms with Crippen LogP contribution in [0.2, 0.25) is 0 Å². The number of nitrogens with zero attached hydrogens (tertiary/aromatic N) is 6. The molecule has 15 heteroatoms. The zero-order valence-electron chi connectivity index (χ0n) is 25.2. The summed E-state index contributed by atoms with van der Waals surface area (Å²) in [6.45, 7) is 1.54. The van der Waals surface area contributed by atoms with Gasteiger partial charge in [0, 0.05) is 49.1 Å². The molecule has 3 aliphatic heterocycles. The maximum absolute atomic E-state index is 14.9. The van der Waals surface area contributed by atoms with Crippen LogP contribution in [0.5, 0.6) is 5.75 Å². The molecular formula is C32H30F3N7O5. The van der Waals surface area contributed by atoms with Gasteiger partial charge in [-0.25, -0.2) is 17.9 Å². The monoisotopic (exact) mass is 649 g/mol. The minimum absolute atomic E-state index is 0.0581. The third-order valence-corrected chi connectivity index (χ3v) is 9.30. The minimum Gasteiger partial charge on any atom is -0.483 e. The van der Waals surface area contributed by atoms with E-state index in [9.17, 15) is 27.6 Å². The van der Waals surface area contributed by atoms with Gasteiger partial charge in [0.1, 0.15) is 41.4 Å². The van der Waals surface area contributed by atoms with E-state index in [0.717, 1.165) is 5.56 Å². The molecule has 47 heavy (non-hydrogen) atoms. The van der Waals surface area contributed by atoms with E-state index in [-0.39, 0.29) is 42.6 Å². The van der Waals surface area contributed by atoms with Gasteiger partial charge in [0.05, 0.1) is 18.8 Å². The van der Waals surface area contributed by atoms with Gasteiger partial charge in [-0.3, -0.25) is 19.2 Å². The molecule has 7 rings (SSSR count). The number of pyridine rings is 1. The normalized spacial score (nSPS) is 24.0. The van der Waals surface area contributed by atoms with Crippen LogP contribution in [0.1, 0.15) is 70.4 Å². The first-order valence-corrected chi connectivity index (χ1v) is 15.1. The van der Waals surface area contributed by atoms with Crippen LogP contribution in [0, 0.1) is 17.5 Å². The fraction of sp³-hybridized carbons (Fsp3) is 0.344. The highest BCUT2D eigenvalue weighted by molar-refractivity contribution is 5.99. The van der Waals surface area contributed by atoms with E-state index in [1.165, 1.54) is 26.7 Å². The number of aromatic nitrogens is 4. The van der Waals surface area contributed by atoms with Crippen LogP contribution < -0.4 is 15.9 Å². The van der Waals surface area contributed by atoms with Crippen molar-refractivity contribution in [1.82, 2.24) is 29.5 Å². The van der Waals surface area contributed by atoms with Crippen molar-refractivity contribution >= 4 is 11.8 Å². The average Bonchev–Trinajstić information content (AvgIpc) is 3.68. The number of rotatable bonds is 7. The predicted molar refractivity (Wildman–Crippen MR) is 158 cm³/mol. The van der Waals surface area contributed by atoms with Crippen molar-refractivity contribution in [3.8, 4) is 5.75 Å². The molecule has 2 aromatic carbocycles. The predicted octanol–water partition coefficient (Wildman–Crippen LogP) is 3.49. The number of nitrogens with two attached hydrogens (primary N) is 1. The fourth-order valence-electron chi connectivity index (χ4n) is 6.88. The third-order valence-electron chi connectivity index (χ3n) is 9.30. The van der Waals surface area contributed by atoms with Crippen molar-refractivity contribution in [3.05, 3.63) is 111 Å². The number of amides is 2. The summed E-state index contributed by atoms with van der Waals surface area (Å²) >= 11 is 0. The largest absolute Gasteiger partial charge is 0.483 e. The number of benzene rings is 2. The molecular weight excluding hydrogens is 619 g/mol. The van der Waals surface area contributed by atoms with E-state index in [2.05, 4.69) is 10.3 Å². The number of primary amides is 1. The standard InChI is InChI=1S/C32H30F3N7O5/c1-18-7-8-32(13-26(41-10-9-37-38-41)42(47-32)15-21-23(34)11-20(33)12-24(21)35)25-16-39(18)31(45)27-29(46-17-19-5-3-2-4-6-19)28(43)22(30(36)44)14-40(25)27/h2-6,9-12,14,18,25-26H,7-8,13,15-17H2,1H3,(H2,36,44)/t18-,25+,26?,32-/m0/s1. The molecule has 1 spiro atoms. The van der Waals surface area contributed by atoms with Crippen LogP contribution in [-0.2, 0) is 18.0 Å². The topological polar surface area (TPSA) is 138 Å². The van der Waals surface area contributed by atoms with E-state index < -0.39 is 64.6 Å². The number of halogens is 3. The summed E-state index contributed by atoms with van der Waals surface area (Å²) in [5.41, 5.74) is 3.58. The Morgan fingerprint density at radius 2 is 1.89 bits per heavy atom. The molecule has 3 aliphatic rings. The molecule has 5 heterocycles. The average molecular weight is 650 g/mol. The lowest BCUT2D eigenvalue weighted by molar-refractivity contribution is -0.236. The quantitative estimate of drug-likeness (QED) is 0.321. The van der Waals surface area contributed by atoms with Crippen LogP contribution in [-0.4, -0.2) is 59.5 Å². The lowest BCUT2D eigenvalue weighted by Gasteiger charge is -2.42. The Labute approximate surface area is 266 Å². The summed E-state index contributed by atoms with van der Waals surface area (Å²) < 4.78 is 52.6. The molecule has 4 atom stereocenters. The summed E-state index contributed by atoms with van der Waals surface area (Å²) in [5, 5.41) is 9.39. The molecule has 0 saturated carbocycles. The molecule has 0 radical (unpaired) electrons. The van der Waals surface area contributed by atoms with Gasteiger partial charge in [-0.15, -0.1) is 5.10 Å². The second-order valence-electron chi connectivity index (χ2n) is 12.1. The van der Waals surface area contributed by atoms with Crippen molar-refractivity contribution in [2.75, 3.05) is 6.54 Å². The summed E-state index contributed by atoms with van der Waals surface area (Å²) in [4.78, 5) is 48.7. The number of fused-ring (bicyclic) bond motifs is 5. The second kappa shape index (κ2) is 11.7. The van der Waals surface area contributed by atoms with Gasteiger partial charge >= 0.3 is 0 Å². The van der Waals surface area contributed by atoms with Crippen molar-refractivity contribution < 1.29 is 32.3 Å². The highest BCUT2D eigenvalue weighted by atomic mass is 19.1. The minimum atomic E-state index is -1.15. The fourth-order valence-corrected chi connectivity index (χ4v) is 6.88. The van der Waals surface area contributed by atoms with Gasteiger partial charge in [0.2, 0.25) is 5.43 Å². The molecule has 2 saturated heterocycles. The zero-order valence-corrected chi connectivity index (χ0v) is 25.2. The lowest BCUT2D eigenvalue weighted by Crippen LogP contribution is -2.52. The molecule has 2 fully saturated rings. The van der Waals surface area contributed by atoms with Gasteiger partial charge in [0.15, 0.2) is 11.4 Å². The molecule has 2 bridgehead atoms. The van der Waals surface area contributed by atoms with Crippen molar-refractivity contribution in [2.24, 2.45) is 5.73 Å². The number of ether oxygens (including phenoxy) is 1. The van der Waals surface area contributed by atoms with Gasteiger partial charge in [-0.2, -0.15) is 5.06 Å². The smallest absolute Gasteiger partial charge is 0.274 e. The van der Waals surface area contributed by atoms with Crippen molar-refractivity contribution in [2.45, 2.75) is 63.2 Å². The van der Waals surface area contributed by atoms with Gasteiger partial charge in [-0.05, 0) is 25.3 Å². The maximum Gasteiger partial charge on any atom is 0.274 e. The van der Waals surface area contributed by atoms with Gasteiger partial charge in [-0.1, -0.05) is 35.5 Å². The van der Waals surface area contributed by atoms with Gasteiger partial charge in [0.25, 0.3) is 11.8 Å². The first-order valence-electron chi connectivity index (χ1n) is 15.1. The maximum atomic E-state index is 14.9. The van der Waals surface area contributed by atoms with Crippen molar-refractivity contribution in [1.29, 1.82) is 0 Å². The lowest BCUT2D eigenvalue weighted by atomic mass is 9.84. The Morgan fingerprint density at radius 1 is 1.15 bits per heavy atom. The van der Waals surface area contributed by atoms with E-state index in [4.69, 9.17) is 15.3 Å². The molecule has 2 N–H and O–H groups in total. The Morgan fingerprint density at radius 3 is 2.57 bits per heavy atom. The van der Waals surface area contributed by atoms with Crippen LogP contribution in [0.25, 0.3) is 0 Å². The van der Waals surface area contributed by atoms with E-state index in [1.807, 2.05) is 13.0 Å². The molecule has 2 amide bonds. The highest BCUT2D eigenvalue weighted by Crippen LogP contribution is 2.51. The SMILES string of the molecule is C[C@H]1CC[C@]2(CC(n3ccnn3)N(Cc3c(F)cc(F)cc3F)O2)[C@H]2CN1C(=O)c1c(OCc3ccccc3)c(=O)c(C(N)=O)cn12. The number of hydrogen-bond donors (Lipinski definition) is 1. The Kier molecular flexibility index (Phi) is 7.59. The van der Waals surface area contributed by atoms with E-state index >= 15 is 0 Å². The second-order valence-corrected chi connectivity index (χ2v) is 12.1. The number of carbonyl (C=O) groups is 2. The zero-order chi connectivity index (χ0) is 33.0. The summed E-state index contributed by atoms with van der Waals surface area (Å²) in [6, 6.07) is 9.21. The van der Waals surface area contributed by atoms with E-state index in [0.29, 0.717) is 25.0 Å². The van der Waals surface area contributed by atoms with Crippen LogP contribution in [0.15, 0.2) is 65.8 Å². The highest BCUT2D eigenvalue weighted by Gasteiger charge is 2.57. The molecule has 244 valence electrons. The summed E-state index contributed by atoms with van der Waals surface area (Å²) in [7, 11) is 0. The van der Waals surface area contributed by atoms with Crippen LogP contribution in [0.3, 0.4) is 0 Å². The Balaban J connectivity index is 1.36. The first-order chi connectivity index (χ1) is 22.6. The summed E-state index contributed by atoms with van der Waals surface area (Å²) in [6.07, 6.45) is 4.62. The molecule has 4 aromatic rings. The van der Waals surface area contributed by atoms with Crippen LogP contribution >= 0.6 is 0 Å². The van der Waals surface area contributed by atoms with Crippen molar-refractivity contribution in [3.63, 3.8) is 0 Å². The molecule has 2 aromatic heterocycles. The Bertz CT molecular complexity index is 1900. The number of carbonyl (C=O) groups excluding carboxylic acids is 2. The Hall–Kier alpha value is -5.02. The first kappa shape index (κ1) is 30.6. The number of hydroxylamine groups is 2. The number of hydrogen-bond acceptors (Lipinski definition) is 8. The molecule has 12 nitrogen and oxygen atoms in total. The van der Waals surface area contributed by atoms with Crippen LogP contribution in [0.4, 0.5) is 13.2 Å².